The maximum Gasteiger partial charge on any atom is 0.276 e. The van der Waals surface area contributed by atoms with Crippen molar-refractivity contribution in [3.8, 4) is 0 Å². The first kappa shape index (κ1) is 18.0. The van der Waals surface area contributed by atoms with E-state index in [2.05, 4.69) is 36.3 Å². The van der Waals surface area contributed by atoms with Gasteiger partial charge in [-0.05, 0) is 12.8 Å². The predicted octanol–water partition coefficient (Wildman–Crippen LogP) is 1.83. The average Bonchev–Trinajstić information content (AvgIpc) is 2.69. The second-order valence-corrected chi connectivity index (χ2v) is 3.51. The van der Waals surface area contributed by atoms with Gasteiger partial charge in [-0.15, -0.1) is 0 Å². The Kier molecular flexibility index (Phi) is 14.2. The van der Waals surface area contributed by atoms with E-state index >= 15 is 0 Å². The molecule has 0 aromatic heterocycles. The van der Waals surface area contributed by atoms with Gasteiger partial charge in [-0.1, -0.05) is 39.1 Å². The van der Waals surface area contributed by atoms with Crippen molar-refractivity contribution in [3.05, 3.63) is 0 Å². The van der Waals surface area contributed by atoms with E-state index in [0.717, 1.165) is 19.4 Å². The minimum absolute atomic E-state index is 0.219. The van der Waals surface area contributed by atoms with Crippen LogP contribution in [0.1, 0.15) is 26.7 Å². The molecule has 1 atom stereocenters. The monoisotopic (exact) mass is 268 g/mol. The number of amides is 2. The van der Waals surface area contributed by atoms with Crippen LogP contribution >= 0.6 is 25.3 Å². The van der Waals surface area contributed by atoms with Gasteiger partial charge in [-0.3, -0.25) is 9.59 Å². The van der Waals surface area contributed by atoms with Crippen molar-refractivity contribution >= 4 is 35.7 Å². The van der Waals surface area contributed by atoms with E-state index in [9.17, 15) is 4.79 Å². The quantitative estimate of drug-likeness (QED) is 0.577. The van der Waals surface area contributed by atoms with E-state index in [1.54, 1.807) is 0 Å². The highest BCUT2D eigenvalue weighted by Gasteiger charge is 2.14. The molecule has 1 unspecified atom stereocenters. The number of thiol groups is 2. The van der Waals surface area contributed by atoms with E-state index in [-0.39, 0.29) is 11.3 Å². The van der Waals surface area contributed by atoms with Gasteiger partial charge in [0.15, 0.2) is 0 Å². The van der Waals surface area contributed by atoms with Crippen molar-refractivity contribution < 1.29 is 14.3 Å². The summed E-state index contributed by atoms with van der Waals surface area (Å²) in [6.45, 7) is 5.43. The number of nitrogens with one attached hydrogen (secondary N) is 1. The minimum Gasteiger partial charge on any atom is -0.376 e. The molecule has 1 fully saturated rings. The van der Waals surface area contributed by atoms with E-state index < -0.39 is 5.24 Å². The van der Waals surface area contributed by atoms with Crippen LogP contribution in [0, 0.1) is 0 Å². The standard InChI is InChI=1S/C6H11NO2S.C2H6.CH3NOS/c8-6(10)7-4-5-2-1-3-9-5;1-2;2-1(3)4/h5H,1-4H2,(H2,7,8,10);1-2H3;(H3,2,3,4). The maximum absolute atomic E-state index is 10.3. The zero-order valence-corrected chi connectivity index (χ0v) is 11.4. The van der Waals surface area contributed by atoms with E-state index in [0.29, 0.717) is 6.54 Å². The molecule has 0 aromatic carbocycles. The van der Waals surface area contributed by atoms with Crippen LogP contribution in [-0.2, 0) is 4.74 Å². The summed E-state index contributed by atoms with van der Waals surface area (Å²) in [6.07, 6.45) is 2.37. The molecular weight excluding hydrogens is 248 g/mol. The van der Waals surface area contributed by atoms with E-state index in [4.69, 9.17) is 9.53 Å². The van der Waals surface area contributed by atoms with Gasteiger partial charge in [0.25, 0.3) is 10.5 Å². The molecule has 0 aromatic rings. The molecule has 1 rings (SSSR count). The van der Waals surface area contributed by atoms with Gasteiger partial charge in [-0.25, -0.2) is 0 Å². The summed E-state index contributed by atoms with van der Waals surface area (Å²) in [6, 6.07) is 0. The fourth-order valence-electron chi connectivity index (χ4n) is 1.01. The van der Waals surface area contributed by atoms with Crippen LogP contribution < -0.4 is 11.1 Å². The summed E-state index contributed by atoms with van der Waals surface area (Å²) in [5.41, 5.74) is 4.34. The minimum atomic E-state index is -0.639. The Hall–Kier alpha value is -0.400. The molecule has 1 aliphatic rings. The molecule has 0 spiro atoms. The van der Waals surface area contributed by atoms with Gasteiger partial charge in [0.2, 0.25) is 0 Å². The molecule has 2 amide bonds. The number of nitrogens with two attached hydrogens (primary N) is 1. The van der Waals surface area contributed by atoms with Gasteiger partial charge in [0.1, 0.15) is 0 Å². The highest BCUT2D eigenvalue weighted by Crippen LogP contribution is 2.10. The Labute approximate surface area is 107 Å². The zero-order valence-electron chi connectivity index (χ0n) is 9.60. The summed E-state index contributed by atoms with van der Waals surface area (Å²) in [5, 5.41) is 1.67. The molecule has 0 saturated carbocycles. The predicted molar refractivity (Wildman–Crippen MR) is 71.3 cm³/mol. The summed E-state index contributed by atoms with van der Waals surface area (Å²) in [5.74, 6) is 0. The Morgan fingerprint density at radius 1 is 1.44 bits per heavy atom. The lowest BCUT2D eigenvalue weighted by atomic mass is 10.2. The smallest absolute Gasteiger partial charge is 0.276 e. The molecule has 1 aliphatic heterocycles. The third-order valence-corrected chi connectivity index (χ3v) is 1.66. The Bertz CT molecular complexity index is 193. The van der Waals surface area contributed by atoms with E-state index in [1.807, 2.05) is 13.8 Å². The second kappa shape index (κ2) is 12.7. The van der Waals surface area contributed by atoms with Gasteiger partial charge >= 0.3 is 0 Å². The van der Waals surface area contributed by atoms with Crippen LogP contribution in [-0.4, -0.2) is 29.7 Å². The fraction of sp³-hybridized carbons (Fsp3) is 0.778. The van der Waals surface area contributed by atoms with Crippen LogP contribution in [0.3, 0.4) is 0 Å². The molecule has 16 heavy (non-hydrogen) atoms. The number of rotatable bonds is 2. The van der Waals surface area contributed by atoms with Crippen LogP contribution in [0.4, 0.5) is 9.59 Å². The number of primary amides is 1. The van der Waals surface area contributed by atoms with Crippen molar-refractivity contribution in [1.29, 1.82) is 0 Å². The van der Waals surface area contributed by atoms with E-state index in [1.165, 1.54) is 0 Å². The largest absolute Gasteiger partial charge is 0.376 e. The molecule has 1 heterocycles. The lowest BCUT2D eigenvalue weighted by molar-refractivity contribution is 0.112. The van der Waals surface area contributed by atoms with Crippen molar-refractivity contribution in [2.24, 2.45) is 5.73 Å². The van der Waals surface area contributed by atoms with Crippen LogP contribution in [0.2, 0.25) is 0 Å². The summed E-state index contributed by atoms with van der Waals surface area (Å²) >= 11 is 6.67. The van der Waals surface area contributed by atoms with Gasteiger partial charge in [0.05, 0.1) is 6.10 Å². The third kappa shape index (κ3) is 16.0. The topological polar surface area (TPSA) is 81.4 Å². The van der Waals surface area contributed by atoms with Crippen LogP contribution in [0.5, 0.6) is 0 Å². The molecule has 3 N–H and O–H groups in total. The molecule has 96 valence electrons. The average molecular weight is 268 g/mol. The van der Waals surface area contributed by atoms with Gasteiger partial charge in [-0.2, -0.15) is 0 Å². The lowest BCUT2D eigenvalue weighted by Gasteiger charge is -2.07. The molecule has 7 heteroatoms. The third-order valence-electron chi connectivity index (χ3n) is 1.50. The van der Waals surface area contributed by atoms with Crippen molar-refractivity contribution in [2.75, 3.05) is 13.2 Å². The second-order valence-electron chi connectivity index (χ2n) is 2.66. The first-order chi connectivity index (χ1) is 7.52. The summed E-state index contributed by atoms with van der Waals surface area (Å²) < 4.78 is 5.25. The molecule has 0 radical (unpaired) electrons. The first-order valence-corrected chi connectivity index (χ1v) is 5.98. The van der Waals surface area contributed by atoms with Gasteiger partial charge < -0.3 is 15.8 Å². The molecule has 1 saturated heterocycles. The number of hydrogen-bond donors (Lipinski definition) is 4. The van der Waals surface area contributed by atoms with Gasteiger partial charge in [0, 0.05) is 13.2 Å². The number of ether oxygens (including phenoxy) is 1. The normalized spacial score (nSPS) is 17.4. The molecule has 0 bridgehead atoms. The molecular formula is C9H20N2O3S2. The van der Waals surface area contributed by atoms with Crippen molar-refractivity contribution in [2.45, 2.75) is 32.8 Å². The zero-order chi connectivity index (χ0) is 13.0. The number of carbonyl (C=O) groups is 2. The Morgan fingerprint density at radius 3 is 2.25 bits per heavy atom. The highest BCUT2D eigenvalue weighted by molar-refractivity contribution is 7.96. The number of hydrogen-bond acceptors (Lipinski definition) is 3. The first-order valence-electron chi connectivity index (χ1n) is 5.09. The Balaban J connectivity index is 0. The SMILES string of the molecule is CC.NC(=O)S.O=C(S)NCC1CCCO1. The Morgan fingerprint density at radius 2 is 1.94 bits per heavy atom. The molecule has 0 aliphatic carbocycles. The van der Waals surface area contributed by atoms with Crippen LogP contribution in [0.25, 0.3) is 0 Å². The van der Waals surface area contributed by atoms with Crippen molar-refractivity contribution in [1.82, 2.24) is 5.32 Å². The fourth-order valence-corrected chi connectivity index (χ4v) is 1.10. The summed E-state index contributed by atoms with van der Waals surface area (Å²) in [4.78, 5) is 19.4. The maximum atomic E-state index is 10.3. The highest BCUT2D eigenvalue weighted by atomic mass is 32.1. The van der Waals surface area contributed by atoms with Crippen LogP contribution in [0.15, 0.2) is 0 Å². The molecule has 5 nitrogen and oxygen atoms in total. The summed E-state index contributed by atoms with van der Waals surface area (Å²) in [7, 11) is 0. The lowest BCUT2D eigenvalue weighted by Crippen LogP contribution is -2.27. The number of carbonyl (C=O) groups excluding carboxylic acids is 2. The van der Waals surface area contributed by atoms with Crippen molar-refractivity contribution in [3.63, 3.8) is 0 Å².